The molecule has 0 aliphatic carbocycles. The molecule has 0 aromatic heterocycles. The van der Waals surface area contributed by atoms with E-state index in [9.17, 15) is 9.18 Å². The van der Waals surface area contributed by atoms with Gasteiger partial charge in [0.1, 0.15) is 11.9 Å². The smallest absolute Gasteiger partial charge is 0.246 e. The lowest BCUT2D eigenvalue weighted by molar-refractivity contribution is -0.116. The van der Waals surface area contributed by atoms with Gasteiger partial charge in [-0.1, -0.05) is 23.7 Å². The Kier molecular flexibility index (Phi) is 4.81. The van der Waals surface area contributed by atoms with Crippen LogP contribution in [0.4, 0.5) is 15.8 Å². The summed E-state index contributed by atoms with van der Waals surface area (Å²) in [5, 5.41) is 5.95. The summed E-state index contributed by atoms with van der Waals surface area (Å²) in [6, 6.07) is 11.1. The standard InChI is InChI=1S/C16H16ClFN2O/c1-10-4-3-5-13(8-10)19-11(2)16(21)20-15-7-6-12(18)9-14(15)17/h3-9,11,19H,1-2H3,(H,20,21)/t11-/m0/s1. The molecule has 0 fully saturated rings. The molecule has 0 aliphatic heterocycles. The molecule has 1 amide bonds. The molecule has 2 aromatic rings. The highest BCUT2D eigenvalue weighted by Gasteiger charge is 2.14. The molecule has 0 bridgehead atoms. The van der Waals surface area contributed by atoms with Crippen LogP contribution in [0.5, 0.6) is 0 Å². The highest BCUT2D eigenvalue weighted by Crippen LogP contribution is 2.22. The van der Waals surface area contributed by atoms with Gasteiger partial charge in [0.2, 0.25) is 5.91 Å². The van der Waals surface area contributed by atoms with Gasteiger partial charge in [-0.25, -0.2) is 4.39 Å². The average molecular weight is 307 g/mol. The number of anilines is 2. The summed E-state index contributed by atoms with van der Waals surface area (Å²) in [6.07, 6.45) is 0. The van der Waals surface area contributed by atoms with Gasteiger partial charge in [0, 0.05) is 5.69 Å². The molecule has 0 heterocycles. The van der Waals surface area contributed by atoms with E-state index in [4.69, 9.17) is 11.6 Å². The number of nitrogens with one attached hydrogen (secondary N) is 2. The van der Waals surface area contributed by atoms with Crippen molar-refractivity contribution in [3.63, 3.8) is 0 Å². The van der Waals surface area contributed by atoms with E-state index in [1.54, 1.807) is 6.92 Å². The van der Waals surface area contributed by atoms with Crippen molar-refractivity contribution in [2.45, 2.75) is 19.9 Å². The summed E-state index contributed by atoms with van der Waals surface area (Å²) in [5.74, 6) is -0.686. The van der Waals surface area contributed by atoms with Crippen molar-refractivity contribution in [2.75, 3.05) is 10.6 Å². The number of halogens is 2. The lowest BCUT2D eigenvalue weighted by atomic mass is 10.2. The van der Waals surface area contributed by atoms with Crippen LogP contribution >= 0.6 is 11.6 Å². The molecule has 2 rings (SSSR count). The molecule has 110 valence electrons. The van der Waals surface area contributed by atoms with Crippen molar-refractivity contribution in [3.05, 3.63) is 58.9 Å². The molecular weight excluding hydrogens is 291 g/mol. The molecule has 0 spiro atoms. The van der Waals surface area contributed by atoms with Crippen molar-refractivity contribution in [1.82, 2.24) is 0 Å². The number of aryl methyl sites for hydroxylation is 1. The summed E-state index contributed by atoms with van der Waals surface area (Å²) in [4.78, 5) is 12.1. The van der Waals surface area contributed by atoms with E-state index in [0.717, 1.165) is 17.3 Å². The van der Waals surface area contributed by atoms with Crippen LogP contribution in [0.1, 0.15) is 12.5 Å². The van der Waals surface area contributed by atoms with Gasteiger partial charge >= 0.3 is 0 Å². The second-order valence-electron chi connectivity index (χ2n) is 4.85. The summed E-state index contributed by atoms with van der Waals surface area (Å²) in [5.41, 5.74) is 2.36. The number of amides is 1. The second-order valence-corrected chi connectivity index (χ2v) is 5.26. The summed E-state index contributed by atoms with van der Waals surface area (Å²) in [6.45, 7) is 3.73. The Bertz CT molecular complexity index is 660. The van der Waals surface area contributed by atoms with Crippen LogP contribution in [0.2, 0.25) is 5.02 Å². The van der Waals surface area contributed by atoms with E-state index in [2.05, 4.69) is 10.6 Å². The topological polar surface area (TPSA) is 41.1 Å². The van der Waals surface area contributed by atoms with Crippen LogP contribution in [-0.4, -0.2) is 11.9 Å². The quantitative estimate of drug-likeness (QED) is 0.887. The highest BCUT2D eigenvalue weighted by atomic mass is 35.5. The third-order valence-electron chi connectivity index (χ3n) is 2.98. The molecule has 0 saturated carbocycles. The van der Waals surface area contributed by atoms with Crippen LogP contribution in [0, 0.1) is 12.7 Å². The Morgan fingerprint density at radius 1 is 1.24 bits per heavy atom. The lowest BCUT2D eigenvalue weighted by Crippen LogP contribution is -2.31. The van der Waals surface area contributed by atoms with Crippen LogP contribution < -0.4 is 10.6 Å². The first kappa shape index (κ1) is 15.3. The normalized spacial score (nSPS) is 11.8. The molecule has 1 atom stereocenters. The summed E-state index contributed by atoms with van der Waals surface area (Å²) < 4.78 is 13.0. The SMILES string of the molecule is Cc1cccc(N[C@@H](C)C(=O)Nc2ccc(F)cc2Cl)c1. The predicted octanol–water partition coefficient (Wildman–Crippen LogP) is 4.23. The molecule has 5 heteroatoms. The van der Waals surface area contributed by atoms with Gasteiger partial charge in [0.05, 0.1) is 10.7 Å². The summed E-state index contributed by atoms with van der Waals surface area (Å²) in [7, 11) is 0. The first-order chi connectivity index (χ1) is 9.95. The Morgan fingerprint density at radius 3 is 2.67 bits per heavy atom. The van der Waals surface area contributed by atoms with Crippen LogP contribution in [0.15, 0.2) is 42.5 Å². The summed E-state index contributed by atoms with van der Waals surface area (Å²) >= 11 is 5.88. The zero-order chi connectivity index (χ0) is 15.4. The van der Waals surface area contributed by atoms with Gasteiger partial charge in [-0.15, -0.1) is 0 Å². The zero-order valence-electron chi connectivity index (χ0n) is 11.8. The van der Waals surface area contributed by atoms with E-state index in [0.29, 0.717) is 5.69 Å². The Morgan fingerprint density at radius 2 is 2.00 bits per heavy atom. The molecule has 21 heavy (non-hydrogen) atoms. The van der Waals surface area contributed by atoms with Crippen molar-refractivity contribution >= 4 is 28.9 Å². The van der Waals surface area contributed by atoms with Crippen molar-refractivity contribution < 1.29 is 9.18 Å². The predicted molar refractivity (Wildman–Crippen MR) is 84.3 cm³/mol. The fourth-order valence-corrected chi connectivity index (χ4v) is 2.10. The second kappa shape index (κ2) is 6.59. The number of carbonyl (C=O) groups is 1. The van der Waals surface area contributed by atoms with Crippen LogP contribution in [0.25, 0.3) is 0 Å². The lowest BCUT2D eigenvalue weighted by Gasteiger charge is -2.16. The number of carbonyl (C=O) groups excluding carboxylic acids is 1. The third-order valence-corrected chi connectivity index (χ3v) is 3.30. The van der Waals surface area contributed by atoms with Crippen LogP contribution in [-0.2, 0) is 4.79 Å². The maximum absolute atomic E-state index is 13.0. The molecule has 0 saturated heterocycles. The molecule has 0 aliphatic rings. The number of rotatable bonds is 4. The van der Waals surface area contributed by atoms with Gasteiger partial charge in [-0.3, -0.25) is 4.79 Å². The number of hydrogen-bond donors (Lipinski definition) is 2. The highest BCUT2D eigenvalue weighted by molar-refractivity contribution is 6.33. The van der Waals surface area contributed by atoms with E-state index >= 15 is 0 Å². The van der Waals surface area contributed by atoms with Crippen molar-refractivity contribution in [2.24, 2.45) is 0 Å². The number of benzene rings is 2. The molecule has 2 N–H and O–H groups in total. The third kappa shape index (κ3) is 4.20. The van der Waals surface area contributed by atoms with E-state index in [1.165, 1.54) is 12.1 Å². The van der Waals surface area contributed by atoms with E-state index < -0.39 is 11.9 Å². The maximum atomic E-state index is 13.0. The molecular formula is C16H16ClFN2O. The Balaban J connectivity index is 2.02. The van der Waals surface area contributed by atoms with Gasteiger partial charge < -0.3 is 10.6 Å². The van der Waals surface area contributed by atoms with E-state index in [1.807, 2.05) is 31.2 Å². The fraction of sp³-hybridized carbons (Fsp3) is 0.188. The van der Waals surface area contributed by atoms with E-state index in [-0.39, 0.29) is 10.9 Å². The van der Waals surface area contributed by atoms with Gasteiger partial charge in [-0.2, -0.15) is 0 Å². The Hall–Kier alpha value is -2.07. The van der Waals surface area contributed by atoms with Gasteiger partial charge in [-0.05, 0) is 49.7 Å². The average Bonchev–Trinajstić information content (AvgIpc) is 2.41. The first-order valence-electron chi connectivity index (χ1n) is 6.55. The monoisotopic (exact) mass is 306 g/mol. The minimum absolute atomic E-state index is 0.172. The molecule has 0 radical (unpaired) electrons. The van der Waals surface area contributed by atoms with Crippen LogP contribution in [0.3, 0.4) is 0 Å². The minimum atomic E-state index is -0.451. The first-order valence-corrected chi connectivity index (χ1v) is 6.92. The van der Waals surface area contributed by atoms with Crippen molar-refractivity contribution in [3.8, 4) is 0 Å². The minimum Gasteiger partial charge on any atom is -0.374 e. The zero-order valence-corrected chi connectivity index (χ0v) is 12.5. The van der Waals surface area contributed by atoms with Gasteiger partial charge in [0.15, 0.2) is 0 Å². The maximum Gasteiger partial charge on any atom is 0.246 e. The molecule has 3 nitrogen and oxygen atoms in total. The van der Waals surface area contributed by atoms with Gasteiger partial charge in [0.25, 0.3) is 0 Å². The fourth-order valence-electron chi connectivity index (χ4n) is 1.88. The van der Waals surface area contributed by atoms with Crippen molar-refractivity contribution in [1.29, 1.82) is 0 Å². The number of hydrogen-bond acceptors (Lipinski definition) is 2. The molecule has 0 unspecified atom stereocenters. The Labute approximate surface area is 128 Å². The largest absolute Gasteiger partial charge is 0.374 e. The molecule has 2 aromatic carbocycles.